The zero-order valence-electron chi connectivity index (χ0n) is 14.3. The number of halogens is 2. The topological polar surface area (TPSA) is 78.1 Å². The molecule has 0 spiro atoms. The maximum Gasteiger partial charge on any atom is 0.193 e. The van der Waals surface area contributed by atoms with Crippen molar-refractivity contribution in [2.75, 3.05) is 25.6 Å². The lowest BCUT2D eigenvalue weighted by molar-refractivity contribution is 0.297. The van der Waals surface area contributed by atoms with Crippen LogP contribution in [-0.2, 0) is 6.54 Å². The van der Waals surface area contributed by atoms with Crippen molar-refractivity contribution in [3.8, 4) is 17.2 Å². The average molecular weight is 534 g/mol. The second-order valence-electron chi connectivity index (χ2n) is 5.49. The Morgan fingerprint density at radius 3 is 2.73 bits per heavy atom. The second-order valence-corrected chi connectivity index (χ2v) is 6.41. The van der Waals surface area contributed by atoms with Crippen molar-refractivity contribution in [1.82, 2.24) is 0 Å². The summed E-state index contributed by atoms with van der Waals surface area (Å²) in [4.78, 5) is 4.38. The molecule has 2 aromatic rings. The molecule has 2 aromatic carbocycles. The van der Waals surface area contributed by atoms with E-state index >= 15 is 0 Å². The lowest BCUT2D eigenvalue weighted by Crippen LogP contribution is -2.22. The van der Waals surface area contributed by atoms with Crippen LogP contribution in [-0.4, -0.2) is 26.3 Å². The van der Waals surface area contributed by atoms with E-state index in [9.17, 15) is 0 Å². The van der Waals surface area contributed by atoms with E-state index in [4.69, 9.17) is 19.9 Å². The number of hydrogen-bond donors (Lipinski definition) is 2. The van der Waals surface area contributed by atoms with E-state index in [2.05, 4.69) is 26.2 Å². The van der Waals surface area contributed by atoms with Gasteiger partial charge in [0.05, 0.1) is 26.9 Å². The van der Waals surface area contributed by atoms with Gasteiger partial charge in [-0.25, -0.2) is 4.99 Å². The number of nitrogens with one attached hydrogen (secondary N) is 1. The van der Waals surface area contributed by atoms with E-state index in [1.54, 1.807) is 7.11 Å². The first-order valence-electron chi connectivity index (χ1n) is 7.95. The molecule has 0 fully saturated rings. The number of benzene rings is 2. The van der Waals surface area contributed by atoms with Gasteiger partial charge in [0, 0.05) is 28.2 Å². The van der Waals surface area contributed by atoms with E-state index in [1.807, 2.05) is 36.4 Å². The van der Waals surface area contributed by atoms with Gasteiger partial charge < -0.3 is 25.3 Å². The van der Waals surface area contributed by atoms with Crippen molar-refractivity contribution in [3.63, 3.8) is 0 Å². The van der Waals surface area contributed by atoms with Crippen LogP contribution in [0.2, 0.25) is 0 Å². The van der Waals surface area contributed by atoms with Crippen LogP contribution in [0.15, 0.2) is 45.9 Å². The van der Waals surface area contributed by atoms with E-state index in [0.717, 1.165) is 33.6 Å². The molecule has 1 heterocycles. The van der Waals surface area contributed by atoms with Crippen molar-refractivity contribution in [3.05, 3.63) is 46.4 Å². The first kappa shape index (κ1) is 20.6. The fraction of sp³-hybridized carbons (Fsp3) is 0.278. The molecule has 0 amide bonds. The van der Waals surface area contributed by atoms with E-state index in [1.165, 1.54) is 0 Å². The fourth-order valence-corrected chi connectivity index (χ4v) is 2.88. The first-order chi connectivity index (χ1) is 12.2. The van der Waals surface area contributed by atoms with E-state index < -0.39 is 0 Å². The van der Waals surface area contributed by atoms with Gasteiger partial charge in [0.25, 0.3) is 0 Å². The maximum absolute atomic E-state index is 6.00. The number of aliphatic imine (C=N–C) groups is 1. The highest BCUT2D eigenvalue weighted by Gasteiger charge is 2.11. The van der Waals surface area contributed by atoms with Crippen LogP contribution in [0.3, 0.4) is 0 Å². The van der Waals surface area contributed by atoms with Crippen molar-refractivity contribution in [2.45, 2.75) is 13.0 Å². The van der Waals surface area contributed by atoms with Gasteiger partial charge in [-0.1, -0.05) is 15.9 Å². The van der Waals surface area contributed by atoms with Gasteiger partial charge in [0.1, 0.15) is 5.75 Å². The molecule has 3 rings (SSSR count). The predicted octanol–water partition coefficient (Wildman–Crippen LogP) is 4.16. The summed E-state index contributed by atoms with van der Waals surface area (Å²) < 4.78 is 17.6. The SMILES string of the molecule is COc1ccc(Br)cc1CN=C(N)Nc1ccc2c(c1)OCCCO2.I. The Kier molecular flexibility index (Phi) is 7.83. The lowest BCUT2D eigenvalue weighted by Gasteiger charge is -2.11. The molecule has 26 heavy (non-hydrogen) atoms. The van der Waals surface area contributed by atoms with Gasteiger partial charge >= 0.3 is 0 Å². The molecule has 1 aliphatic heterocycles. The second kappa shape index (κ2) is 9.86. The first-order valence-corrected chi connectivity index (χ1v) is 8.74. The van der Waals surface area contributed by atoms with Crippen LogP contribution in [0, 0.1) is 0 Å². The molecule has 0 saturated heterocycles. The Bertz CT molecular complexity index is 786. The number of hydrogen-bond acceptors (Lipinski definition) is 4. The van der Waals surface area contributed by atoms with Gasteiger partial charge in [-0.05, 0) is 30.3 Å². The van der Waals surface area contributed by atoms with E-state index in [0.29, 0.717) is 31.5 Å². The summed E-state index contributed by atoms with van der Waals surface area (Å²) in [6.07, 6.45) is 0.871. The zero-order chi connectivity index (χ0) is 17.6. The molecular weight excluding hydrogens is 513 g/mol. The zero-order valence-corrected chi connectivity index (χ0v) is 18.2. The highest BCUT2D eigenvalue weighted by atomic mass is 127. The monoisotopic (exact) mass is 533 g/mol. The van der Waals surface area contributed by atoms with E-state index in [-0.39, 0.29) is 24.0 Å². The summed E-state index contributed by atoms with van der Waals surface area (Å²) >= 11 is 3.45. The summed E-state index contributed by atoms with van der Waals surface area (Å²) in [5, 5.41) is 3.07. The molecule has 0 saturated carbocycles. The number of nitrogens with two attached hydrogens (primary N) is 1. The van der Waals surface area contributed by atoms with Crippen molar-refractivity contribution >= 4 is 51.6 Å². The molecule has 0 bridgehead atoms. The Morgan fingerprint density at radius 1 is 1.19 bits per heavy atom. The predicted molar refractivity (Wildman–Crippen MR) is 117 cm³/mol. The number of guanidine groups is 1. The number of anilines is 1. The van der Waals surface area contributed by atoms with Crippen molar-refractivity contribution in [2.24, 2.45) is 10.7 Å². The molecule has 0 atom stereocenters. The molecular formula is C18H21BrIN3O3. The summed E-state index contributed by atoms with van der Waals surface area (Å²) in [6, 6.07) is 11.4. The summed E-state index contributed by atoms with van der Waals surface area (Å²) in [7, 11) is 1.63. The van der Waals surface area contributed by atoms with Crippen LogP contribution < -0.4 is 25.3 Å². The Balaban J connectivity index is 0.00000243. The normalized spacial score (nSPS) is 13.4. The molecule has 0 aliphatic carbocycles. The molecule has 3 N–H and O–H groups in total. The smallest absolute Gasteiger partial charge is 0.193 e. The number of methoxy groups -OCH3 is 1. The Morgan fingerprint density at radius 2 is 1.96 bits per heavy atom. The summed E-state index contributed by atoms with van der Waals surface area (Å²) in [5.41, 5.74) is 7.75. The Hall–Kier alpha value is -1.68. The molecule has 140 valence electrons. The maximum atomic E-state index is 6.00. The van der Waals surface area contributed by atoms with Gasteiger partial charge in [0.15, 0.2) is 17.5 Å². The quantitative estimate of drug-likeness (QED) is 0.350. The minimum absolute atomic E-state index is 0. The van der Waals surface area contributed by atoms with Crippen LogP contribution in [0.1, 0.15) is 12.0 Å². The molecule has 8 heteroatoms. The van der Waals surface area contributed by atoms with Gasteiger partial charge in [-0.2, -0.15) is 0 Å². The summed E-state index contributed by atoms with van der Waals surface area (Å²) in [5.74, 6) is 2.55. The van der Waals surface area contributed by atoms with Crippen LogP contribution in [0.5, 0.6) is 17.2 Å². The largest absolute Gasteiger partial charge is 0.496 e. The third kappa shape index (κ3) is 5.41. The average Bonchev–Trinajstić information content (AvgIpc) is 2.85. The minimum atomic E-state index is 0. The Labute approximate surface area is 178 Å². The van der Waals surface area contributed by atoms with Crippen LogP contribution in [0.25, 0.3) is 0 Å². The highest BCUT2D eigenvalue weighted by Crippen LogP contribution is 2.32. The summed E-state index contributed by atoms with van der Waals surface area (Å²) in [6.45, 7) is 1.71. The van der Waals surface area contributed by atoms with Crippen molar-refractivity contribution in [1.29, 1.82) is 0 Å². The third-order valence-electron chi connectivity index (χ3n) is 3.68. The van der Waals surface area contributed by atoms with Crippen LogP contribution >= 0.6 is 39.9 Å². The van der Waals surface area contributed by atoms with Gasteiger partial charge in [0.2, 0.25) is 0 Å². The standard InChI is InChI=1S/C18H20BrN3O3.HI/c1-23-15-5-3-13(19)9-12(15)11-21-18(20)22-14-4-6-16-17(10-14)25-8-2-7-24-16;/h3-6,9-10H,2,7-8,11H2,1H3,(H3,20,21,22);1H. The lowest BCUT2D eigenvalue weighted by atomic mass is 10.2. The third-order valence-corrected chi connectivity index (χ3v) is 4.18. The van der Waals surface area contributed by atoms with Crippen molar-refractivity contribution < 1.29 is 14.2 Å². The molecule has 1 aliphatic rings. The minimum Gasteiger partial charge on any atom is -0.496 e. The number of nitrogens with zero attached hydrogens (tertiary/aromatic N) is 1. The van der Waals surface area contributed by atoms with Crippen LogP contribution in [0.4, 0.5) is 5.69 Å². The molecule has 0 aromatic heterocycles. The van der Waals surface area contributed by atoms with Gasteiger partial charge in [-0.15, -0.1) is 24.0 Å². The molecule has 6 nitrogen and oxygen atoms in total. The number of ether oxygens (including phenoxy) is 3. The molecule has 0 radical (unpaired) electrons. The van der Waals surface area contributed by atoms with Gasteiger partial charge in [-0.3, -0.25) is 0 Å². The molecule has 0 unspecified atom stereocenters. The highest BCUT2D eigenvalue weighted by molar-refractivity contribution is 14.0. The fourth-order valence-electron chi connectivity index (χ4n) is 2.47. The number of rotatable bonds is 4. The number of fused-ring (bicyclic) bond motifs is 1.